The maximum Gasteiger partial charge on any atom is 0.250 e. The standard InChI is InChI=1S/C20H17Cl2N5O/c1-2-18(28)24-19-25-20-23-16(12-3-7-14(21)8-4-12)11-17(27(20)26-19)13-5-9-15(22)10-6-13/h3-11,17H,2H2,1H3,(H2,23,24,25,26,28). The van der Waals surface area contributed by atoms with Crippen LogP contribution in [0.3, 0.4) is 0 Å². The summed E-state index contributed by atoms with van der Waals surface area (Å²) in [5, 5.41) is 11.8. The van der Waals surface area contributed by atoms with Crippen LogP contribution in [0.25, 0.3) is 5.70 Å². The van der Waals surface area contributed by atoms with Gasteiger partial charge in [0.25, 0.3) is 5.95 Å². The van der Waals surface area contributed by atoms with Crippen molar-refractivity contribution in [1.29, 1.82) is 0 Å². The Bertz CT molecular complexity index is 1040. The van der Waals surface area contributed by atoms with Crippen molar-refractivity contribution in [2.75, 3.05) is 10.6 Å². The van der Waals surface area contributed by atoms with Gasteiger partial charge in [0, 0.05) is 22.2 Å². The highest BCUT2D eigenvalue weighted by molar-refractivity contribution is 6.30. The van der Waals surface area contributed by atoms with Gasteiger partial charge in [-0.2, -0.15) is 4.98 Å². The first-order chi connectivity index (χ1) is 13.5. The van der Waals surface area contributed by atoms with Gasteiger partial charge in [-0.05, 0) is 41.5 Å². The van der Waals surface area contributed by atoms with Crippen molar-refractivity contribution in [3.8, 4) is 0 Å². The third-order valence-electron chi connectivity index (χ3n) is 4.40. The van der Waals surface area contributed by atoms with Gasteiger partial charge < -0.3 is 5.32 Å². The summed E-state index contributed by atoms with van der Waals surface area (Å²) in [5.41, 5.74) is 2.85. The third kappa shape index (κ3) is 3.74. The first kappa shape index (κ1) is 18.5. The summed E-state index contributed by atoms with van der Waals surface area (Å²) >= 11 is 12.1. The zero-order valence-corrected chi connectivity index (χ0v) is 16.5. The molecule has 1 aliphatic heterocycles. The van der Waals surface area contributed by atoms with E-state index in [2.05, 4.69) is 26.8 Å². The Morgan fingerprint density at radius 1 is 1.11 bits per heavy atom. The van der Waals surface area contributed by atoms with Crippen LogP contribution in [0, 0.1) is 0 Å². The molecular formula is C20H17Cl2N5O. The lowest BCUT2D eigenvalue weighted by molar-refractivity contribution is -0.115. The second-order valence-corrected chi connectivity index (χ2v) is 7.19. The van der Waals surface area contributed by atoms with Crippen molar-refractivity contribution in [3.63, 3.8) is 0 Å². The zero-order chi connectivity index (χ0) is 19.7. The summed E-state index contributed by atoms with van der Waals surface area (Å²) in [6.45, 7) is 1.78. The van der Waals surface area contributed by atoms with Crippen LogP contribution in [0.2, 0.25) is 10.0 Å². The number of halogens is 2. The highest BCUT2D eigenvalue weighted by Crippen LogP contribution is 2.33. The Morgan fingerprint density at radius 3 is 2.39 bits per heavy atom. The maximum atomic E-state index is 11.7. The van der Waals surface area contributed by atoms with Crippen LogP contribution < -0.4 is 10.6 Å². The number of hydrogen-bond acceptors (Lipinski definition) is 4. The number of nitrogens with one attached hydrogen (secondary N) is 2. The van der Waals surface area contributed by atoms with Crippen LogP contribution in [-0.2, 0) is 4.79 Å². The number of nitrogens with zero attached hydrogens (tertiary/aromatic N) is 3. The second kappa shape index (κ2) is 7.66. The summed E-state index contributed by atoms with van der Waals surface area (Å²) in [5.74, 6) is 0.662. The van der Waals surface area contributed by atoms with Crippen LogP contribution >= 0.6 is 23.2 Å². The number of hydrogen-bond donors (Lipinski definition) is 2. The van der Waals surface area contributed by atoms with Gasteiger partial charge in [0.05, 0.1) is 0 Å². The molecule has 1 atom stereocenters. The molecule has 3 aromatic rings. The Hall–Kier alpha value is -2.83. The fraction of sp³-hybridized carbons (Fsp3) is 0.150. The van der Waals surface area contributed by atoms with Crippen molar-refractivity contribution in [2.45, 2.75) is 19.4 Å². The molecule has 0 saturated heterocycles. The Morgan fingerprint density at radius 2 is 1.75 bits per heavy atom. The Kier molecular flexibility index (Phi) is 5.07. The minimum absolute atomic E-state index is 0.142. The molecule has 4 rings (SSSR count). The minimum Gasteiger partial charge on any atom is -0.324 e. The summed E-state index contributed by atoms with van der Waals surface area (Å²) in [7, 11) is 0. The van der Waals surface area contributed by atoms with E-state index in [-0.39, 0.29) is 17.9 Å². The summed E-state index contributed by atoms with van der Waals surface area (Å²) in [6, 6.07) is 14.9. The molecule has 0 radical (unpaired) electrons. The molecule has 0 fully saturated rings. The predicted molar refractivity (Wildman–Crippen MR) is 112 cm³/mol. The largest absolute Gasteiger partial charge is 0.324 e. The van der Waals surface area contributed by atoms with Gasteiger partial charge in [0.2, 0.25) is 11.9 Å². The molecule has 1 aliphatic rings. The van der Waals surface area contributed by atoms with Crippen molar-refractivity contribution in [3.05, 3.63) is 75.8 Å². The number of carbonyl (C=O) groups excluding carboxylic acids is 1. The molecule has 0 spiro atoms. The molecule has 1 unspecified atom stereocenters. The van der Waals surface area contributed by atoms with E-state index in [0.717, 1.165) is 16.8 Å². The average Bonchev–Trinajstić information content (AvgIpc) is 3.10. The third-order valence-corrected chi connectivity index (χ3v) is 4.91. The maximum absolute atomic E-state index is 11.7. The lowest BCUT2D eigenvalue weighted by Gasteiger charge is -2.24. The monoisotopic (exact) mass is 413 g/mol. The first-order valence-corrected chi connectivity index (χ1v) is 9.55. The van der Waals surface area contributed by atoms with E-state index in [0.29, 0.717) is 22.4 Å². The summed E-state index contributed by atoms with van der Waals surface area (Å²) < 4.78 is 1.74. The lowest BCUT2D eigenvalue weighted by Crippen LogP contribution is -2.20. The van der Waals surface area contributed by atoms with E-state index in [9.17, 15) is 4.79 Å². The van der Waals surface area contributed by atoms with E-state index < -0.39 is 0 Å². The Labute approximate surface area is 172 Å². The number of benzene rings is 2. The van der Waals surface area contributed by atoms with Crippen molar-refractivity contribution < 1.29 is 4.79 Å². The van der Waals surface area contributed by atoms with Crippen LogP contribution in [0.15, 0.2) is 54.6 Å². The van der Waals surface area contributed by atoms with Gasteiger partial charge in [-0.15, -0.1) is 5.10 Å². The number of rotatable bonds is 4. The normalized spacial score (nSPS) is 15.4. The average molecular weight is 414 g/mol. The predicted octanol–water partition coefficient (Wildman–Crippen LogP) is 4.99. The molecule has 2 heterocycles. The quantitative estimate of drug-likeness (QED) is 0.631. The summed E-state index contributed by atoms with van der Waals surface area (Å²) in [4.78, 5) is 16.2. The molecule has 142 valence electrons. The van der Waals surface area contributed by atoms with E-state index in [1.807, 2.05) is 48.5 Å². The number of aromatic nitrogens is 3. The van der Waals surface area contributed by atoms with Crippen molar-refractivity contribution in [2.24, 2.45) is 0 Å². The minimum atomic E-state index is -0.209. The van der Waals surface area contributed by atoms with Crippen LogP contribution in [-0.4, -0.2) is 20.7 Å². The van der Waals surface area contributed by atoms with Crippen LogP contribution in [0.1, 0.15) is 30.5 Å². The van der Waals surface area contributed by atoms with Gasteiger partial charge in [-0.3, -0.25) is 10.1 Å². The molecule has 0 bridgehead atoms. The van der Waals surface area contributed by atoms with E-state index in [1.165, 1.54) is 0 Å². The fourth-order valence-corrected chi connectivity index (χ4v) is 3.21. The number of amides is 1. The molecular weight excluding hydrogens is 397 g/mol. The fourth-order valence-electron chi connectivity index (χ4n) is 2.95. The van der Waals surface area contributed by atoms with Crippen LogP contribution in [0.4, 0.5) is 11.9 Å². The van der Waals surface area contributed by atoms with Crippen molar-refractivity contribution in [1.82, 2.24) is 14.8 Å². The SMILES string of the molecule is CCC(=O)Nc1nc2n(n1)C(c1ccc(Cl)cc1)C=C(c1ccc(Cl)cc1)N2. The molecule has 1 aromatic heterocycles. The van der Waals surface area contributed by atoms with E-state index >= 15 is 0 Å². The molecule has 0 aliphatic carbocycles. The highest BCUT2D eigenvalue weighted by atomic mass is 35.5. The molecule has 0 saturated carbocycles. The molecule has 2 aromatic carbocycles. The van der Waals surface area contributed by atoms with E-state index in [4.69, 9.17) is 23.2 Å². The number of allylic oxidation sites excluding steroid dienone is 1. The van der Waals surface area contributed by atoms with Gasteiger partial charge in [0.1, 0.15) is 6.04 Å². The first-order valence-electron chi connectivity index (χ1n) is 8.80. The topological polar surface area (TPSA) is 71.8 Å². The Balaban J connectivity index is 1.77. The molecule has 6 nitrogen and oxygen atoms in total. The number of carbonyl (C=O) groups is 1. The van der Waals surface area contributed by atoms with Crippen LogP contribution in [0.5, 0.6) is 0 Å². The van der Waals surface area contributed by atoms with Gasteiger partial charge >= 0.3 is 0 Å². The van der Waals surface area contributed by atoms with Gasteiger partial charge in [-0.1, -0.05) is 54.4 Å². The smallest absolute Gasteiger partial charge is 0.250 e. The molecule has 2 N–H and O–H groups in total. The van der Waals surface area contributed by atoms with Crippen molar-refractivity contribution >= 4 is 46.7 Å². The van der Waals surface area contributed by atoms with E-state index in [1.54, 1.807) is 11.6 Å². The zero-order valence-electron chi connectivity index (χ0n) is 15.0. The summed E-state index contributed by atoms with van der Waals surface area (Å²) in [6.07, 6.45) is 2.41. The van der Waals surface area contributed by atoms with Gasteiger partial charge in [0.15, 0.2) is 0 Å². The second-order valence-electron chi connectivity index (χ2n) is 6.31. The van der Waals surface area contributed by atoms with Gasteiger partial charge in [-0.25, -0.2) is 4.68 Å². The number of fused-ring (bicyclic) bond motifs is 1. The molecule has 8 heteroatoms. The molecule has 1 amide bonds. The number of anilines is 2. The highest BCUT2D eigenvalue weighted by Gasteiger charge is 2.25. The molecule has 28 heavy (non-hydrogen) atoms. The lowest BCUT2D eigenvalue weighted by atomic mass is 10.0.